The second kappa shape index (κ2) is 6.87. The molecule has 0 saturated carbocycles. The molecule has 0 bridgehead atoms. The molecule has 0 radical (unpaired) electrons. The Morgan fingerprint density at radius 3 is 2.75 bits per heavy atom. The number of anilines is 1. The predicted molar refractivity (Wildman–Crippen MR) is 92.2 cm³/mol. The Bertz CT molecular complexity index is 481. The van der Waals surface area contributed by atoms with Gasteiger partial charge in [-0.15, -0.1) is 0 Å². The summed E-state index contributed by atoms with van der Waals surface area (Å²) in [4.78, 5) is 2.37. The molecule has 2 rings (SSSR count). The molecule has 2 nitrogen and oxygen atoms in total. The second-order valence-corrected chi connectivity index (χ2v) is 7.21. The van der Waals surface area contributed by atoms with Crippen molar-refractivity contribution in [3.8, 4) is 0 Å². The lowest BCUT2D eigenvalue weighted by Gasteiger charge is -2.42. The molecule has 5 heteroatoms. The van der Waals surface area contributed by atoms with Crippen molar-refractivity contribution >= 4 is 44.8 Å². The standard InChI is InChI=1S/C15H21BrCl2N2/c1-4-9(2)12-8-20(10(3)7-19-12)13-6-5-11(16)14(17)15(13)18/h5-6,9-10,12,19H,4,7-8H2,1-3H3. The minimum atomic E-state index is 0.407. The molecular weight excluding hydrogens is 359 g/mol. The summed E-state index contributed by atoms with van der Waals surface area (Å²) in [5, 5.41) is 4.87. The van der Waals surface area contributed by atoms with Crippen LogP contribution < -0.4 is 10.2 Å². The maximum Gasteiger partial charge on any atom is 0.0837 e. The first kappa shape index (κ1) is 16.4. The largest absolute Gasteiger partial charge is 0.365 e. The van der Waals surface area contributed by atoms with Crippen LogP contribution in [-0.2, 0) is 0 Å². The van der Waals surface area contributed by atoms with E-state index in [1.807, 2.05) is 12.1 Å². The van der Waals surface area contributed by atoms with Crippen LogP contribution in [0.1, 0.15) is 27.2 Å². The number of nitrogens with zero attached hydrogens (tertiary/aromatic N) is 1. The predicted octanol–water partition coefficient (Wildman–Crippen LogP) is 4.97. The van der Waals surface area contributed by atoms with Crippen molar-refractivity contribution in [3.05, 3.63) is 26.7 Å². The highest BCUT2D eigenvalue weighted by Gasteiger charge is 2.29. The number of benzene rings is 1. The summed E-state index contributed by atoms with van der Waals surface area (Å²) in [7, 11) is 0. The fourth-order valence-electron chi connectivity index (χ4n) is 2.63. The zero-order chi connectivity index (χ0) is 14.9. The average molecular weight is 380 g/mol. The quantitative estimate of drug-likeness (QED) is 0.746. The Balaban J connectivity index is 2.28. The molecule has 20 heavy (non-hydrogen) atoms. The highest BCUT2D eigenvalue weighted by atomic mass is 79.9. The normalized spacial score (nSPS) is 24.8. The SMILES string of the molecule is CCC(C)C1CN(c2ccc(Br)c(Cl)c2Cl)C(C)CN1. The molecule has 0 spiro atoms. The number of nitrogens with one attached hydrogen (secondary N) is 1. The zero-order valence-corrected chi connectivity index (χ0v) is 15.2. The lowest BCUT2D eigenvalue weighted by Crippen LogP contribution is -2.57. The van der Waals surface area contributed by atoms with Crippen LogP contribution in [-0.4, -0.2) is 25.2 Å². The summed E-state index contributed by atoms with van der Waals surface area (Å²) in [5.41, 5.74) is 1.03. The van der Waals surface area contributed by atoms with Crippen molar-refractivity contribution in [1.82, 2.24) is 5.32 Å². The maximum absolute atomic E-state index is 6.43. The van der Waals surface area contributed by atoms with Crippen molar-refractivity contribution in [2.45, 2.75) is 39.3 Å². The first-order valence-corrected chi connectivity index (χ1v) is 8.64. The topological polar surface area (TPSA) is 15.3 Å². The lowest BCUT2D eigenvalue weighted by molar-refractivity contribution is 0.316. The maximum atomic E-state index is 6.43. The fourth-order valence-corrected chi connectivity index (χ4v) is 3.51. The molecule has 1 aromatic rings. The van der Waals surface area contributed by atoms with Crippen LogP contribution in [0.15, 0.2) is 16.6 Å². The summed E-state index contributed by atoms with van der Waals surface area (Å²) in [5.74, 6) is 0.648. The third kappa shape index (κ3) is 3.27. The summed E-state index contributed by atoms with van der Waals surface area (Å²) >= 11 is 16.1. The first-order chi connectivity index (χ1) is 9.45. The number of piperazine rings is 1. The smallest absolute Gasteiger partial charge is 0.0837 e. The molecule has 0 amide bonds. The van der Waals surface area contributed by atoms with Gasteiger partial charge in [0.25, 0.3) is 0 Å². The molecule has 1 heterocycles. The first-order valence-electron chi connectivity index (χ1n) is 7.09. The van der Waals surface area contributed by atoms with Crippen LogP contribution in [0.4, 0.5) is 5.69 Å². The van der Waals surface area contributed by atoms with Crippen LogP contribution in [0, 0.1) is 5.92 Å². The van der Waals surface area contributed by atoms with Gasteiger partial charge in [0.2, 0.25) is 0 Å². The van der Waals surface area contributed by atoms with E-state index in [1.165, 1.54) is 6.42 Å². The molecule has 0 aliphatic carbocycles. The van der Waals surface area contributed by atoms with Crippen LogP contribution in [0.5, 0.6) is 0 Å². The highest BCUT2D eigenvalue weighted by Crippen LogP contribution is 2.39. The van der Waals surface area contributed by atoms with Crippen molar-refractivity contribution < 1.29 is 0 Å². The summed E-state index contributed by atoms with van der Waals surface area (Å²) in [6, 6.07) is 4.92. The molecule has 1 N–H and O–H groups in total. The fraction of sp³-hybridized carbons (Fsp3) is 0.600. The average Bonchev–Trinajstić information content (AvgIpc) is 2.45. The van der Waals surface area contributed by atoms with Gasteiger partial charge in [0.1, 0.15) is 0 Å². The van der Waals surface area contributed by atoms with Crippen LogP contribution in [0.25, 0.3) is 0 Å². The van der Waals surface area contributed by atoms with E-state index < -0.39 is 0 Å². The Kier molecular flexibility index (Phi) is 5.63. The summed E-state index contributed by atoms with van der Waals surface area (Å²) in [6.07, 6.45) is 1.18. The van der Waals surface area contributed by atoms with E-state index >= 15 is 0 Å². The molecule has 1 aromatic carbocycles. The molecule has 3 unspecified atom stereocenters. The monoisotopic (exact) mass is 378 g/mol. The van der Waals surface area contributed by atoms with Crippen LogP contribution in [0.2, 0.25) is 10.0 Å². The van der Waals surface area contributed by atoms with Gasteiger partial charge in [-0.05, 0) is 40.9 Å². The molecule has 0 aromatic heterocycles. The van der Waals surface area contributed by atoms with Crippen molar-refractivity contribution in [1.29, 1.82) is 0 Å². The Morgan fingerprint density at radius 1 is 1.40 bits per heavy atom. The van der Waals surface area contributed by atoms with Gasteiger partial charge in [0.05, 0.1) is 15.7 Å². The van der Waals surface area contributed by atoms with E-state index in [4.69, 9.17) is 23.2 Å². The number of hydrogen-bond acceptors (Lipinski definition) is 2. The number of hydrogen-bond donors (Lipinski definition) is 1. The van der Waals surface area contributed by atoms with Gasteiger partial charge >= 0.3 is 0 Å². The van der Waals surface area contributed by atoms with Gasteiger partial charge < -0.3 is 10.2 Å². The molecule has 3 atom stereocenters. The van der Waals surface area contributed by atoms with Crippen molar-refractivity contribution in [2.24, 2.45) is 5.92 Å². The van der Waals surface area contributed by atoms with Crippen molar-refractivity contribution in [2.75, 3.05) is 18.0 Å². The summed E-state index contributed by atoms with van der Waals surface area (Å²) < 4.78 is 0.842. The van der Waals surface area contributed by atoms with E-state index in [-0.39, 0.29) is 0 Å². The van der Waals surface area contributed by atoms with E-state index in [0.717, 1.165) is 23.2 Å². The third-order valence-corrected chi connectivity index (χ3v) is 6.02. The van der Waals surface area contributed by atoms with Gasteiger partial charge in [-0.3, -0.25) is 0 Å². The number of rotatable bonds is 3. The molecule has 1 fully saturated rings. The minimum absolute atomic E-state index is 0.407. The van der Waals surface area contributed by atoms with Crippen LogP contribution in [0.3, 0.4) is 0 Å². The van der Waals surface area contributed by atoms with E-state index in [2.05, 4.69) is 46.9 Å². The highest BCUT2D eigenvalue weighted by molar-refractivity contribution is 9.10. The molecular formula is C15H21BrCl2N2. The molecule has 112 valence electrons. The molecule has 1 aliphatic heterocycles. The van der Waals surface area contributed by atoms with E-state index in [9.17, 15) is 0 Å². The number of halogens is 3. The van der Waals surface area contributed by atoms with E-state index in [0.29, 0.717) is 28.0 Å². The molecule has 1 aliphatic rings. The van der Waals surface area contributed by atoms with Gasteiger partial charge in [-0.1, -0.05) is 43.5 Å². The Morgan fingerprint density at radius 2 is 2.10 bits per heavy atom. The van der Waals surface area contributed by atoms with Gasteiger partial charge in [-0.2, -0.15) is 0 Å². The van der Waals surface area contributed by atoms with Gasteiger partial charge in [0, 0.05) is 29.6 Å². The lowest BCUT2D eigenvalue weighted by atomic mass is 9.95. The minimum Gasteiger partial charge on any atom is -0.365 e. The molecule has 1 saturated heterocycles. The third-order valence-electron chi connectivity index (χ3n) is 4.26. The second-order valence-electron chi connectivity index (χ2n) is 5.60. The zero-order valence-electron chi connectivity index (χ0n) is 12.1. The Hall–Kier alpha value is 0.0400. The van der Waals surface area contributed by atoms with E-state index in [1.54, 1.807) is 0 Å². The summed E-state index contributed by atoms with van der Waals surface area (Å²) in [6.45, 7) is 8.68. The van der Waals surface area contributed by atoms with Crippen molar-refractivity contribution in [3.63, 3.8) is 0 Å². The van der Waals surface area contributed by atoms with Gasteiger partial charge in [-0.25, -0.2) is 0 Å². The van der Waals surface area contributed by atoms with Crippen LogP contribution >= 0.6 is 39.1 Å². The van der Waals surface area contributed by atoms with Gasteiger partial charge in [0.15, 0.2) is 0 Å². The Labute approximate surface area is 139 Å².